The third-order valence-electron chi connectivity index (χ3n) is 4.23. The number of carbonyl (C=O) groups is 1. The lowest BCUT2D eigenvalue weighted by Gasteiger charge is -2.30. The van der Waals surface area contributed by atoms with Crippen LogP contribution in [0.25, 0.3) is 0 Å². The maximum Gasteiger partial charge on any atom is 0.243 e. The molecule has 6 heteroatoms. The third kappa shape index (κ3) is 8.79. The first kappa shape index (κ1) is 19.7. The summed E-state index contributed by atoms with van der Waals surface area (Å²) in [6.07, 6.45) is 4.78. The molecule has 1 fully saturated rings. The Morgan fingerprint density at radius 2 is 1.87 bits per heavy atom. The summed E-state index contributed by atoms with van der Waals surface area (Å²) in [4.78, 5) is 20.1. The highest BCUT2D eigenvalue weighted by Gasteiger charge is 2.14. The second kappa shape index (κ2) is 11.3. The number of nitrogens with zero attached hydrogens (tertiary/aromatic N) is 3. The summed E-state index contributed by atoms with van der Waals surface area (Å²) in [7, 11) is 3.51. The predicted molar refractivity (Wildman–Crippen MR) is 96.7 cm³/mol. The highest BCUT2D eigenvalue weighted by molar-refractivity contribution is 5.84. The van der Waals surface area contributed by atoms with Gasteiger partial charge in [-0.25, -0.2) is 4.99 Å². The molecule has 1 aliphatic heterocycles. The number of amides is 1. The Morgan fingerprint density at radius 1 is 1.22 bits per heavy atom. The van der Waals surface area contributed by atoms with Crippen LogP contribution in [-0.4, -0.2) is 75.0 Å². The van der Waals surface area contributed by atoms with E-state index >= 15 is 0 Å². The molecule has 1 saturated heterocycles. The zero-order chi connectivity index (χ0) is 17.1. The molecule has 1 rings (SSSR count). The molecule has 0 aliphatic carbocycles. The van der Waals surface area contributed by atoms with Gasteiger partial charge in [-0.1, -0.05) is 13.8 Å². The molecule has 1 amide bonds. The Balaban J connectivity index is 2.27. The fourth-order valence-electron chi connectivity index (χ4n) is 2.50. The van der Waals surface area contributed by atoms with Crippen molar-refractivity contribution in [3.8, 4) is 0 Å². The van der Waals surface area contributed by atoms with Crippen LogP contribution in [0, 0.1) is 5.92 Å². The Bertz CT molecular complexity index is 362. The number of guanidine groups is 1. The molecular formula is C17H35N5O. The Kier molecular flexibility index (Phi) is 9.67. The lowest BCUT2D eigenvalue weighted by molar-refractivity contribution is -0.127. The van der Waals surface area contributed by atoms with E-state index in [0.717, 1.165) is 44.4 Å². The molecule has 0 aromatic rings. The normalized spacial score (nSPS) is 17.1. The first-order valence-electron chi connectivity index (χ1n) is 8.97. The fraction of sp³-hybridized carbons (Fsp3) is 0.882. The number of carbonyl (C=O) groups excluding carboxylic acids is 1. The first-order valence-corrected chi connectivity index (χ1v) is 8.97. The molecule has 1 aliphatic rings. The van der Waals surface area contributed by atoms with Crippen molar-refractivity contribution in [2.45, 2.75) is 39.5 Å². The molecule has 0 spiro atoms. The topological polar surface area (TPSA) is 60.0 Å². The Labute approximate surface area is 141 Å². The van der Waals surface area contributed by atoms with E-state index < -0.39 is 0 Å². The largest absolute Gasteiger partial charge is 0.356 e. The zero-order valence-electron chi connectivity index (χ0n) is 15.4. The number of likely N-dealkylation sites (N-methyl/N-ethyl adjacent to an activating group) is 1. The van der Waals surface area contributed by atoms with Gasteiger partial charge in [0.15, 0.2) is 5.96 Å². The van der Waals surface area contributed by atoms with Crippen LogP contribution in [-0.2, 0) is 4.79 Å². The monoisotopic (exact) mass is 325 g/mol. The molecule has 2 N–H and O–H groups in total. The molecule has 0 aromatic carbocycles. The molecule has 0 atom stereocenters. The molecule has 0 aromatic heterocycles. The lowest BCUT2D eigenvalue weighted by Crippen LogP contribution is -2.40. The molecule has 134 valence electrons. The van der Waals surface area contributed by atoms with Gasteiger partial charge in [0.05, 0.1) is 0 Å². The van der Waals surface area contributed by atoms with E-state index in [0.29, 0.717) is 0 Å². The number of likely N-dealkylation sites (tertiary alicyclic amines) is 1. The Hall–Kier alpha value is -1.30. The number of hydrogen-bond donors (Lipinski definition) is 2. The van der Waals surface area contributed by atoms with Crippen LogP contribution in [0.2, 0.25) is 0 Å². The second-order valence-electron chi connectivity index (χ2n) is 6.68. The highest BCUT2D eigenvalue weighted by Crippen LogP contribution is 2.15. The molecule has 0 bridgehead atoms. The maximum atomic E-state index is 11.6. The summed E-state index contributed by atoms with van der Waals surface area (Å²) >= 11 is 0. The summed E-state index contributed by atoms with van der Waals surface area (Å²) < 4.78 is 0. The van der Waals surface area contributed by atoms with E-state index in [-0.39, 0.29) is 12.5 Å². The zero-order valence-corrected chi connectivity index (χ0v) is 15.4. The molecule has 23 heavy (non-hydrogen) atoms. The van der Waals surface area contributed by atoms with Gasteiger partial charge in [-0.15, -0.1) is 0 Å². The van der Waals surface area contributed by atoms with E-state index in [1.54, 1.807) is 19.0 Å². The number of rotatable bonds is 8. The standard InChI is InChI=1S/C17H35N5O/c1-5-9-18-17(20-14-16(23)21(3)4)19-10-6-11-22-12-7-15(2)8-13-22/h15H,5-14H2,1-4H3,(H2,18,19,20). The Morgan fingerprint density at radius 3 is 2.48 bits per heavy atom. The lowest BCUT2D eigenvalue weighted by atomic mass is 9.99. The van der Waals surface area contributed by atoms with Gasteiger partial charge in [-0.2, -0.15) is 0 Å². The smallest absolute Gasteiger partial charge is 0.243 e. The summed E-state index contributed by atoms with van der Waals surface area (Å²) in [5, 5.41) is 6.60. The van der Waals surface area contributed by atoms with Gasteiger partial charge in [0.1, 0.15) is 6.54 Å². The SMILES string of the molecule is CCCNC(=NCC(=O)N(C)C)NCCCN1CCC(C)CC1. The number of piperidine rings is 1. The molecule has 0 saturated carbocycles. The van der Waals surface area contributed by atoms with Crippen molar-refractivity contribution < 1.29 is 4.79 Å². The van der Waals surface area contributed by atoms with Gasteiger partial charge in [-0.05, 0) is 51.2 Å². The molecule has 0 unspecified atom stereocenters. The molecule has 6 nitrogen and oxygen atoms in total. The van der Waals surface area contributed by atoms with Gasteiger partial charge < -0.3 is 20.4 Å². The van der Waals surface area contributed by atoms with Crippen LogP contribution in [0.4, 0.5) is 0 Å². The first-order chi connectivity index (χ1) is 11.0. The predicted octanol–water partition coefficient (Wildman–Crippen LogP) is 1.14. The van der Waals surface area contributed by atoms with Crippen LogP contribution in [0.1, 0.15) is 39.5 Å². The second-order valence-corrected chi connectivity index (χ2v) is 6.68. The quantitative estimate of drug-likeness (QED) is 0.399. The van der Waals surface area contributed by atoms with Gasteiger partial charge in [-0.3, -0.25) is 4.79 Å². The summed E-state index contributed by atoms with van der Waals surface area (Å²) in [6.45, 7) is 10.0. The van der Waals surface area contributed by atoms with Gasteiger partial charge in [0.2, 0.25) is 5.91 Å². The van der Waals surface area contributed by atoms with E-state index in [4.69, 9.17) is 0 Å². The van der Waals surface area contributed by atoms with Crippen LogP contribution < -0.4 is 10.6 Å². The van der Waals surface area contributed by atoms with Crippen LogP contribution in [0.3, 0.4) is 0 Å². The van der Waals surface area contributed by atoms with E-state index in [1.165, 1.54) is 25.9 Å². The fourth-order valence-corrected chi connectivity index (χ4v) is 2.50. The van der Waals surface area contributed by atoms with E-state index in [2.05, 4.69) is 34.4 Å². The van der Waals surface area contributed by atoms with Crippen molar-refractivity contribution >= 4 is 11.9 Å². The van der Waals surface area contributed by atoms with Crippen molar-refractivity contribution in [2.75, 3.05) is 53.4 Å². The van der Waals surface area contributed by atoms with E-state index in [9.17, 15) is 4.79 Å². The minimum absolute atomic E-state index is 0.0186. The van der Waals surface area contributed by atoms with Crippen LogP contribution in [0.5, 0.6) is 0 Å². The molecular weight excluding hydrogens is 290 g/mol. The highest BCUT2D eigenvalue weighted by atomic mass is 16.2. The average molecular weight is 326 g/mol. The maximum absolute atomic E-state index is 11.6. The van der Waals surface area contributed by atoms with Crippen LogP contribution >= 0.6 is 0 Å². The van der Waals surface area contributed by atoms with Crippen molar-refractivity contribution in [1.82, 2.24) is 20.4 Å². The van der Waals surface area contributed by atoms with Crippen molar-refractivity contribution in [2.24, 2.45) is 10.9 Å². The van der Waals surface area contributed by atoms with Crippen LogP contribution in [0.15, 0.2) is 4.99 Å². The average Bonchev–Trinajstić information content (AvgIpc) is 2.54. The number of aliphatic imine (C=N–C) groups is 1. The van der Waals surface area contributed by atoms with Gasteiger partial charge >= 0.3 is 0 Å². The van der Waals surface area contributed by atoms with E-state index in [1.807, 2.05) is 0 Å². The summed E-state index contributed by atoms with van der Waals surface area (Å²) in [5.41, 5.74) is 0. The van der Waals surface area contributed by atoms with Gasteiger partial charge in [0, 0.05) is 27.2 Å². The minimum Gasteiger partial charge on any atom is -0.356 e. The van der Waals surface area contributed by atoms with Gasteiger partial charge in [0.25, 0.3) is 0 Å². The molecule has 0 radical (unpaired) electrons. The third-order valence-corrected chi connectivity index (χ3v) is 4.23. The van der Waals surface area contributed by atoms with Crippen molar-refractivity contribution in [1.29, 1.82) is 0 Å². The minimum atomic E-state index is 0.0186. The van der Waals surface area contributed by atoms with Crippen molar-refractivity contribution in [3.05, 3.63) is 0 Å². The summed E-state index contributed by atoms with van der Waals surface area (Å²) in [6, 6.07) is 0. The van der Waals surface area contributed by atoms with Crippen molar-refractivity contribution in [3.63, 3.8) is 0 Å². The number of nitrogens with one attached hydrogen (secondary N) is 2. The number of hydrogen-bond acceptors (Lipinski definition) is 3. The molecule has 1 heterocycles. The summed E-state index contributed by atoms with van der Waals surface area (Å²) in [5.74, 6) is 1.65.